The van der Waals surface area contributed by atoms with Crippen LogP contribution in [-0.2, 0) is 0 Å². The monoisotopic (exact) mass is 386 g/mol. The van der Waals surface area contributed by atoms with Crippen molar-refractivity contribution in [2.45, 2.75) is 33.1 Å². The number of anilines is 1. The summed E-state index contributed by atoms with van der Waals surface area (Å²) in [5, 5.41) is 5.91. The summed E-state index contributed by atoms with van der Waals surface area (Å²) in [7, 11) is 0. The number of hydrogen-bond donors (Lipinski definition) is 2. The second-order valence-electron chi connectivity index (χ2n) is 6.01. The van der Waals surface area contributed by atoms with E-state index < -0.39 is 0 Å². The molecule has 0 radical (unpaired) electrons. The third-order valence-electron chi connectivity index (χ3n) is 3.67. The largest absolute Gasteiger partial charge is 0.494 e. The Kier molecular flexibility index (Phi) is 8.58. The number of ether oxygens (including phenoxy) is 2. The molecular weight excluding hydrogens is 360 g/mol. The summed E-state index contributed by atoms with van der Waals surface area (Å²) in [6.07, 6.45) is 3.00. The molecule has 2 aromatic rings. The molecule has 0 bridgehead atoms. The van der Waals surface area contributed by atoms with Crippen LogP contribution in [0.2, 0.25) is 0 Å². The molecule has 0 spiro atoms. The number of rotatable bonds is 9. The molecule has 6 heteroatoms. The van der Waals surface area contributed by atoms with E-state index in [0.717, 1.165) is 30.7 Å². The molecule has 27 heavy (non-hydrogen) atoms. The van der Waals surface area contributed by atoms with Crippen LogP contribution in [0.25, 0.3) is 0 Å². The predicted molar refractivity (Wildman–Crippen MR) is 113 cm³/mol. The second-order valence-corrected chi connectivity index (χ2v) is 6.42. The van der Waals surface area contributed by atoms with Gasteiger partial charge in [0.25, 0.3) is 5.91 Å². The lowest BCUT2D eigenvalue weighted by atomic mass is 10.2. The Morgan fingerprint density at radius 1 is 0.963 bits per heavy atom. The van der Waals surface area contributed by atoms with Gasteiger partial charge >= 0.3 is 0 Å². The molecule has 2 N–H and O–H groups in total. The Labute approximate surface area is 166 Å². The number of thiocarbonyl (C=S) groups is 1. The van der Waals surface area contributed by atoms with Crippen LogP contribution in [0.3, 0.4) is 0 Å². The fraction of sp³-hybridized carbons (Fsp3) is 0.333. The third kappa shape index (κ3) is 7.27. The molecule has 144 valence electrons. The fourth-order valence-corrected chi connectivity index (χ4v) is 2.46. The number of amides is 1. The maximum Gasteiger partial charge on any atom is 0.257 e. The summed E-state index contributed by atoms with van der Waals surface area (Å²) >= 11 is 5.23. The van der Waals surface area contributed by atoms with E-state index in [-0.39, 0.29) is 11.0 Å². The van der Waals surface area contributed by atoms with Crippen LogP contribution in [0.5, 0.6) is 11.5 Å². The number of hydrogen-bond acceptors (Lipinski definition) is 4. The fourth-order valence-electron chi connectivity index (χ4n) is 2.25. The highest BCUT2D eigenvalue weighted by Gasteiger charge is 2.09. The van der Waals surface area contributed by atoms with Gasteiger partial charge in [0.15, 0.2) is 5.11 Å². The van der Waals surface area contributed by atoms with Crippen molar-refractivity contribution in [2.75, 3.05) is 18.5 Å². The van der Waals surface area contributed by atoms with Gasteiger partial charge in [0.1, 0.15) is 11.5 Å². The van der Waals surface area contributed by atoms with E-state index in [1.165, 1.54) is 0 Å². The zero-order valence-corrected chi connectivity index (χ0v) is 16.6. The van der Waals surface area contributed by atoms with E-state index in [1.807, 2.05) is 30.3 Å². The smallest absolute Gasteiger partial charge is 0.257 e. The Morgan fingerprint density at radius 3 is 2.41 bits per heavy atom. The molecule has 0 aliphatic heterocycles. The summed E-state index contributed by atoms with van der Waals surface area (Å²) < 4.78 is 11.2. The zero-order chi connectivity index (χ0) is 19.5. The van der Waals surface area contributed by atoms with Gasteiger partial charge in [0.2, 0.25) is 0 Å². The predicted octanol–water partition coefficient (Wildman–Crippen LogP) is 4.78. The van der Waals surface area contributed by atoms with Gasteiger partial charge in [-0.3, -0.25) is 10.1 Å². The lowest BCUT2D eigenvalue weighted by molar-refractivity contribution is 0.0977. The average Bonchev–Trinajstić information content (AvgIpc) is 2.68. The SMILES string of the molecule is CCCCOc1cccc(C(=O)NC(=S)Nc2ccc(OCCC)cc2)c1. The Morgan fingerprint density at radius 2 is 1.70 bits per heavy atom. The first kappa shape index (κ1) is 20.7. The number of nitrogens with one attached hydrogen (secondary N) is 2. The Balaban J connectivity index is 1.87. The molecule has 0 fully saturated rings. The Hall–Kier alpha value is -2.60. The standard InChI is InChI=1S/C21H26N2O3S/c1-3-5-14-26-19-8-6-7-16(15-19)20(24)23-21(27)22-17-9-11-18(12-10-17)25-13-4-2/h6-12,15H,3-5,13-14H2,1-2H3,(H2,22,23,24,27). The first-order valence-corrected chi connectivity index (χ1v) is 9.61. The van der Waals surface area contributed by atoms with Gasteiger partial charge in [0.05, 0.1) is 13.2 Å². The molecule has 2 aromatic carbocycles. The molecular formula is C21H26N2O3S. The maximum absolute atomic E-state index is 12.4. The van der Waals surface area contributed by atoms with Crippen LogP contribution in [0.4, 0.5) is 5.69 Å². The van der Waals surface area contributed by atoms with Crippen LogP contribution in [-0.4, -0.2) is 24.2 Å². The molecule has 0 saturated heterocycles. The lowest BCUT2D eigenvalue weighted by Gasteiger charge is -2.11. The van der Waals surface area contributed by atoms with Crippen molar-refractivity contribution in [1.82, 2.24) is 5.32 Å². The minimum absolute atomic E-state index is 0.236. The second kappa shape index (κ2) is 11.2. The molecule has 5 nitrogen and oxygen atoms in total. The first-order chi connectivity index (χ1) is 13.1. The van der Waals surface area contributed by atoms with E-state index in [9.17, 15) is 4.79 Å². The van der Waals surface area contributed by atoms with Crippen LogP contribution < -0.4 is 20.1 Å². The van der Waals surface area contributed by atoms with Crippen LogP contribution in [0, 0.1) is 0 Å². The number of carbonyl (C=O) groups is 1. The van der Waals surface area contributed by atoms with Gasteiger partial charge in [-0.25, -0.2) is 0 Å². The van der Waals surface area contributed by atoms with Gasteiger partial charge in [-0.1, -0.05) is 26.3 Å². The first-order valence-electron chi connectivity index (χ1n) is 9.20. The molecule has 0 aliphatic carbocycles. The van der Waals surface area contributed by atoms with E-state index in [4.69, 9.17) is 21.7 Å². The van der Waals surface area contributed by atoms with E-state index >= 15 is 0 Å². The van der Waals surface area contributed by atoms with Crippen molar-refractivity contribution in [2.24, 2.45) is 0 Å². The third-order valence-corrected chi connectivity index (χ3v) is 3.88. The van der Waals surface area contributed by atoms with Crippen molar-refractivity contribution in [1.29, 1.82) is 0 Å². The summed E-state index contributed by atoms with van der Waals surface area (Å²) in [6.45, 7) is 5.49. The number of unbranched alkanes of at least 4 members (excludes halogenated alkanes) is 1. The van der Waals surface area contributed by atoms with Crippen LogP contribution in [0.1, 0.15) is 43.5 Å². The van der Waals surface area contributed by atoms with E-state index in [0.29, 0.717) is 24.5 Å². The van der Waals surface area contributed by atoms with Gasteiger partial charge < -0.3 is 14.8 Å². The van der Waals surface area contributed by atoms with Crippen molar-refractivity contribution >= 4 is 28.9 Å². The highest BCUT2D eigenvalue weighted by Crippen LogP contribution is 2.16. The molecule has 1 amide bonds. The number of benzene rings is 2. The van der Waals surface area contributed by atoms with Crippen LogP contribution >= 0.6 is 12.2 Å². The molecule has 0 saturated carbocycles. The topological polar surface area (TPSA) is 59.6 Å². The summed E-state index contributed by atoms with van der Waals surface area (Å²) in [4.78, 5) is 12.4. The zero-order valence-electron chi connectivity index (χ0n) is 15.8. The van der Waals surface area contributed by atoms with Gasteiger partial charge in [-0.2, -0.15) is 0 Å². The molecule has 0 atom stereocenters. The van der Waals surface area contributed by atoms with Crippen molar-refractivity contribution < 1.29 is 14.3 Å². The van der Waals surface area contributed by atoms with Crippen LogP contribution in [0.15, 0.2) is 48.5 Å². The summed E-state index contributed by atoms with van der Waals surface area (Å²) in [6, 6.07) is 14.5. The van der Waals surface area contributed by atoms with E-state index in [1.54, 1.807) is 18.2 Å². The van der Waals surface area contributed by atoms with Gasteiger partial charge in [-0.15, -0.1) is 0 Å². The van der Waals surface area contributed by atoms with Gasteiger partial charge in [0, 0.05) is 11.3 Å². The van der Waals surface area contributed by atoms with Crippen molar-refractivity contribution in [3.8, 4) is 11.5 Å². The maximum atomic E-state index is 12.4. The average molecular weight is 387 g/mol. The normalized spacial score (nSPS) is 10.1. The van der Waals surface area contributed by atoms with Crippen molar-refractivity contribution in [3.05, 3.63) is 54.1 Å². The highest BCUT2D eigenvalue weighted by atomic mass is 32.1. The van der Waals surface area contributed by atoms with Gasteiger partial charge in [-0.05, 0) is 67.5 Å². The molecule has 2 rings (SSSR count). The minimum atomic E-state index is -0.281. The molecule has 0 aliphatic rings. The molecule has 0 aromatic heterocycles. The van der Waals surface area contributed by atoms with E-state index in [2.05, 4.69) is 24.5 Å². The summed E-state index contributed by atoms with van der Waals surface area (Å²) in [5.74, 6) is 1.20. The molecule has 0 heterocycles. The number of carbonyl (C=O) groups excluding carboxylic acids is 1. The minimum Gasteiger partial charge on any atom is -0.494 e. The lowest BCUT2D eigenvalue weighted by Crippen LogP contribution is -2.34. The quantitative estimate of drug-likeness (QED) is 0.480. The van der Waals surface area contributed by atoms with Crippen molar-refractivity contribution in [3.63, 3.8) is 0 Å². The summed E-state index contributed by atoms with van der Waals surface area (Å²) in [5.41, 5.74) is 1.28. The highest BCUT2D eigenvalue weighted by molar-refractivity contribution is 7.80. The Bertz CT molecular complexity index is 747. The molecule has 0 unspecified atom stereocenters.